The minimum absolute atomic E-state index is 0.0721. The minimum Gasteiger partial charge on any atom is -0.380 e. The highest BCUT2D eigenvalue weighted by Crippen LogP contribution is 2.43. The summed E-state index contributed by atoms with van der Waals surface area (Å²) in [5.41, 5.74) is 6.95. The van der Waals surface area contributed by atoms with Gasteiger partial charge in [-0.25, -0.2) is 5.01 Å². The number of nitrogens with zero attached hydrogens (tertiary/aromatic N) is 2. The van der Waals surface area contributed by atoms with Crippen molar-refractivity contribution in [2.45, 2.75) is 89.2 Å². The molecule has 0 spiro atoms. The fourth-order valence-electron chi connectivity index (χ4n) is 7.17. The Morgan fingerprint density at radius 2 is 1.84 bits per heavy atom. The standard InChI is InChI=1S/C24H41N5O3/c1-24(8-2-9-24)23(30)28-10-5-16(6-11-28)21-26-22(32-27-21)17-3-4-18-14-25-29(20(18)13-17)19-7-12-31-15-19/h16-22,25-27H,2-15H2,1H3/t17?,18?,19-,20?,21?,22?/m0/s1. The summed E-state index contributed by atoms with van der Waals surface area (Å²) in [5.74, 6) is 2.22. The van der Waals surface area contributed by atoms with Crippen molar-refractivity contribution in [3.8, 4) is 0 Å². The Kier molecular flexibility index (Phi) is 5.97. The molecule has 32 heavy (non-hydrogen) atoms. The van der Waals surface area contributed by atoms with Gasteiger partial charge in [0.2, 0.25) is 5.91 Å². The lowest BCUT2D eigenvalue weighted by molar-refractivity contribution is -0.147. The van der Waals surface area contributed by atoms with Gasteiger partial charge in [0.25, 0.3) is 0 Å². The van der Waals surface area contributed by atoms with E-state index >= 15 is 0 Å². The summed E-state index contributed by atoms with van der Waals surface area (Å²) in [7, 11) is 0. The van der Waals surface area contributed by atoms with Gasteiger partial charge >= 0.3 is 0 Å². The maximum atomic E-state index is 12.9. The van der Waals surface area contributed by atoms with Crippen LogP contribution in [0.1, 0.15) is 64.7 Å². The number of hydrogen-bond acceptors (Lipinski definition) is 7. The normalized spacial score (nSPS) is 42.7. The average Bonchev–Trinajstić information content (AvgIpc) is 3.57. The van der Waals surface area contributed by atoms with Crippen molar-refractivity contribution in [1.82, 2.24) is 26.1 Å². The summed E-state index contributed by atoms with van der Waals surface area (Å²) in [6.07, 6.45) is 10.6. The molecule has 6 atom stereocenters. The first-order chi connectivity index (χ1) is 15.6. The molecule has 8 nitrogen and oxygen atoms in total. The number of nitrogens with one attached hydrogen (secondary N) is 3. The third-order valence-electron chi connectivity index (χ3n) is 9.55. The summed E-state index contributed by atoms with van der Waals surface area (Å²) in [6, 6.07) is 1.13. The van der Waals surface area contributed by atoms with Gasteiger partial charge in [-0.05, 0) is 63.2 Å². The molecule has 8 heteroatoms. The number of hydroxylamine groups is 1. The topological polar surface area (TPSA) is 78.1 Å². The molecule has 4 aliphatic heterocycles. The van der Waals surface area contributed by atoms with Crippen molar-refractivity contribution in [2.24, 2.45) is 23.2 Å². The Labute approximate surface area is 192 Å². The fourth-order valence-corrected chi connectivity index (χ4v) is 7.17. The van der Waals surface area contributed by atoms with Crippen LogP contribution in [0.15, 0.2) is 0 Å². The number of fused-ring (bicyclic) bond motifs is 1. The third-order valence-corrected chi connectivity index (χ3v) is 9.55. The van der Waals surface area contributed by atoms with Gasteiger partial charge in [0.1, 0.15) is 6.23 Å². The molecule has 180 valence electrons. The van der Waals surface area contributed by atoms with E-state index in [2.05, 4.69) is 33.1 Å². The van der Waals surface area contributed by atoms with Gasteiger partial charge in [0.15, 0.2) is 0 Å². The number of piperidine rings is 1. The molecule has 0 aromatic rings. The van der Waals surface area contributed by atoms with Crippen LogP contribution in [0.2, 0.25) is 0 Å². The van der Waals surface area contributed by atoms with Crippen LogP contribution in [0.5, 0.6) is 0 Å². The molecule has 0 bridgehead atoms. The van der Waals surface area contributed by atoms with E-state index in [-0.39, 0.29) is 17.8 Å². The molecule has 6 rings (SSSR count). The highest BCUT2D eigenvalue weighted by molar-refractivity contribution is 5.83. The molecule has 6 aliphatic rings. The van der Waals surface area contributed by atoms with E-state index in [1.54, 1.807) is 0 Å². The van der Waals surface area contributed by atoms with Crippen molar-refractivity contribution >= 4 is 5.91 Å². The smallest absolute Gasteiger partial charge is 0.228 e. The van der Waals surface area contributed by atoms with Crippen LogP contribution in [0, 0.1) is 23.2 Å². The van der Waals surface area contributed by atoms with E-state index in [1.165, 1.54) is 25.7 Å². The number of rotatable bonds is 4. The number of hydrazine groups is 1. The van der Waals surface area contributed by atoms with Crippen LogP contribution < -0.4 is 16.2 Å². The molecule has 3 N–H and O–H groups in total. The molecule has 2 saturated carbocycles. The van der Waals surface area contributed by atoms with Crippen molar-refractivity contribution in [2.75, 3.05) is 32.8 Å². The molecule has 0 aromatic carbocycles. The average molecular weight is 448 g/mol. The van der Waals surface area contributed by atoms with Crippen LogP contribution in [0.25, 0.3) is 0 Å². The monoisotopic (exact) mass is 447 g/mol. The Balaban J connectivity index is 1.00. The number of likely N-dealkylation sites (tertiary alicyclic amines) is 1. The summed E-state index contributed by atoms with van der Waals surface area (Å²) >= 11 is 0. The van der Waals surface area contributed by atoms with Gasteiger partial charge in [-0.15, -0.1) is 0 Å². The summed E-state index contributed by atoms with van der Waals surface area (Å²) in [5, 5.41) is 6.32. The first-order valence-electron chi connectivity index (χ1n) is 13.2. The van der Waals surface area contributed by atoms with Gasteiger partial charge in [-0.3, -0.25) is 20.4 Å². The second-order valence-corrected chi connectivity index (χ2v) is 11.5. The van der Waals surface area contributed by atoms with Gasteiger partial charge in [0, 0.05) is 43.6 Å². The zero-order valence-corrected chi connectivity index (χ0v) is 19.6. The van der Waals surface area contributed by atoms with Crippen LogP contribution in [0.4, 0.5) is 0 Å². The molecule has 5 unspecified atom stereocenters. The van der Waals surface area contributed by atoms with E-state index in [0.717, 1.165) is 70.9 Å². The van der Waals surface area contributed by atoms with Gasteiger partial charge in [-0.2, -0.15) is 5.48 Å². The van der Waals surface area contributed by atoms with Crippen molar-refractivity contribution in [3.05, 3.63) is 0 Å². The number of amides is 1. The van der Waals surface area contributed by atoms with E-state index in [1.807, 2.05) is 0 Å². The van der Waals surface area contributed by atoms with Crippen molar-refractivity contribution in [3.63, 3.8) is 0 Å². The molecular formula is C24H41N5O3. The summed E-state index contributed by atoms with van der Waals surface area (Å²) in [6.45, 7) is 6.81. The fraction of sp³-hybridized carbons (Fsp3) is 0.958. The Bertz CT molecular complexity index is 689. The van der Waals surface area contributed by atoms with Gasteiger partial charge < -0.3 is 9.64 Å². The highest BCUT2D eigenvalue weighted by Gasteiger charge is 2.47. The molecular weight excluding hydrogens is 406 g/mol. The van der Waals surface area contributed by atoms with E-state index in [4.69, 9.17) is 9.57 Å². The maximum absolute atomic E-state index is 12.9. The molecule has 1 amide bonds. The van der Waals surface area contributed by atoms with Crippen molar-refractivity contribution < 1.29 is 14.4 Å². The SMILES string of the molecule is CC1(C(=O)N2CCC(C3NOC(C4CCC5CNN([C@H]6CCOC6)C5C4)N3)CC2)CCC1. The van der Waals surface area contributed by atoms with E-state index < -0.39 is 0 Å². The summed E-state index contributed by atoms with van der Waals surface area (Å²) < 4.78 is 5.65. The number of carbonyl (C=O) groups excluding carboxylic acids is 1. The van der Waals surface area contributed by atoms with Gasteiger partial charge in [-0.1, -0.05) is 13.3 Å². The Morgan fingerprint density at radius 3 is 2.56 bits per heavy atom. The number of carbonyl (C=O) groups is 1. The first-order valence-corrected chi connectivity index (χ1v) is 13.2. The predicted octanol–water partition coefficient (Wildman–Crippen LogP) is 1.59. The quantitative estimate of drug-likeness (QED) is 0.604. The molecule has 6 fully saturated rings. The van der Waals surface area contributed by atoms with E-state index in [0.29, 0.717) is 29.8 Å². The molecule has 0 aromatic heterocycles. The molecule has 4 saturated heterocycles. The van der Waals surface area contributed by atoms with E-state index in [9.17, 15) is 4.79 Å². The Hall–Kier alpha value is -0.770. The van der Waals surface area contributed by atoms with Crippen LogP contribution in [-0.2, 0) is 14.4 Å². The third kappa shape index (κ3) is 3.91. The van der Waals surface area contributed by atoms with Crippen LogP contribution >= 0.6 is 0 Å². The Morgan fingerprint density at radius 1 is 1.03 bits per heavy atom. The maximum Gasteiger partial charge on any atom is 0.228 e. The second kappa shape index (κ2) is 8.78. The van der Waals surface area contributed by atoms with Crippen molar-refractivity contribution in [1.29, 1.82) is 0 Å². The zero-order chi connectivity index (χ0) is 21.7. The molecule has 0 radical (unpaired) electrons. The first kappa shape index (κ1) is 21.7. The number of hydrogen-bond donors (Lipinski definition) is 3. The lowest BCUT2D eigenvalue weighted by atomic mass is 9.69. The highest BCUT2D eigenvalue weighted by atomic mass is 16.7. The molecule has 4 heterocycles. The lowest BCUT2D eigenvalue weighted by Crippen LogP contribution is -2.52. The van der Waals surface area contributed by atoms with Crippen LogP contribution in [-0.4, -0.2) is 73.1 Å². The lowest BCUT2D eigenvalue weighted by Gasteiger charge is -2.43. The number of ether oxygens (including phenoxy) is 1. The van der Waals surface area contributed by atoms with Crippen LogP contribution in [0.3, 0.4) is 0 Å². The predicted molar refractivity (Wildman–Crippen MR) is 120 cm³/mol. The second-order valence-electron chi connectivity index (χ2n) is 11.5. The zero-order valence-electron chi connectivity index (χ0n) is 19.6. The minimum atomic E-state index is -0.0721. The van der Waals surface area contributed by atoms with Gasteiger partial charge in [0.05, 0.1) is 18.8 Å². The largest absolute Gasteiger partial charge is 0.380 e. The molecule has 2 aliphatic carbocycles. The summed E-state index contributed by atoms with van der Waals surface area (Å²) in [4.78, 5) is 21.1.